The van der Waals surface area contributed by atoms with Crippen LogP contribution in [0, 0.1) is 0 Å². The Labute approximate surface area is 132 Å². The van der Waals surface area contributed by atoms with Gasteiger partial charge in [0.05, 0.1) is 0 Å². The van der Waals surface area contributed by atoms with Gasteiger partial charge in [-0.25, -0.2) is 5.10 Å². The van der Waals surface area contributed by atoms with Crippen LogP contribution in [0.25, 0.3) is 0 Å². The predicted molar refractivity (Wildman–Crippen MR) is 86.1 cm³/mol. The first-order chi connectivity index (χ1) is 10.7. The number of aromatic amines is 1. The molecule has 0 amide bonds. The van der Waals surface area contributed by atoms with E-state index in [0.29, 0.717) is 23.3 Å². The number of nitrogens with one attached hydrogen (secondary N) is 2. The highest BCUT2D eigenvalue weighted by atomic mass is 35.5. The number of rotatable bonds is 5. The summed E-state index contributed by atoms with van der Waals surface area (Å²) in [5, 5.41) is 10.1. The summed E-state index contributed by atoms with van der Waals surface area (Å²) in [6, 6.07) is 15.0. The number of aromatic nitrogens is 3. The number of para-hydroxylation sites is 1. The Hall–Kier alpha value is -2.73. The van der Waals surface area contributed by atoms with Crippen LogP contribution >= 0.6 is 11.6 Å². The van der Waals surface area contributed by atoms with Gasteiger partial charge in [-0.15, -0.1) is 5.10 Å². The topological polar surface area (TPSA) is 88.8 Å². The highest BCUT2D eigenvalue weighted by molar-refractivity contribution is 6.31. The van der Waals surface area contributed by atoms with E-state index in [1.165, 1.54) is 0 Å². The number of H-pyrrole nitrogens is 1. The van der Waals surface area contributed by atoms with E-state index in [2.05, 4.69) is 20.5 Å². The number of ether oxygens (including phenoxy) is 1. The molecular weight excluding hydrogens is 302 g/mol. The molecule has 112 valence electrons. The van der Waals surface area contributed by atoms with Crippen molar-refractivity contribution in [2.24, 2.45) is 0 Å². The van der Waals surface area contributed by atoms with Crippen molar-refractivity contribution in [2.45, 2.75) is 6.54 Å². The summed E-state index contributed by atoms with van der Waals surface area (Å²) in [6.45, 7) is 0.416. The fourth-order valence-corrected chi connectivity index (χ4v) is 2.18. The molecule has 0 saturated heterocycles. The van der Waals surface area contributed by atoms with Crippen molar-refractivity contribution in [3.8, 4) is 11.5 Å². The molecule has 0 atom stereocenters. The molecule has 0 aliphatic carbocycles. The fraction of sp³-hybridized carbons (Fsp3) is 0.0667. The van der Waals surface area contributed by atoms with Gasteiger partial charge in [0.15, 0.2) is 0 Å². The van der Waals surface area contributed by atoms with Gasteiger partial charge in [-0.1, -0.05) is 35.9 Å². The van der Waals surface area contributed by atoms with Crippen LogP contribution in [0.2, 0.25) is 5.02 Å². The second-order valence-electron chi connectivity index (χ2n) is 4.53. The van der Waals surface area contributed by atoms with E-state index in [0.717, 1.165) is 11.3 Å². The Morgan fingerprint density at radius 1 is 1.14 bits per heavy atom. The molecule has 0 spiro atoms. The molecule has 3 aromatic rings. The third-order valence-electron chi connectivity index (χ3n) is 2.97. The van der Waals surface area contributed by atoms with E-state index in [1.54, 1.807) is 0 Å². The standard InChI is InChI=1S/C15H14ClN5O/c16-12-7-4-8-13(22-10-5-2-1-3-6-10)11(12)9-18-15-19-14(17)20-21-15/h1-8H,9H2,(H4,17,18,19,20,21). The van der Waals surface area contributed by atoms with Gasteiger partial charge in [0.2, 0.25) is 11.9 Å². The Morgan fingerprint density at radius 3 is 2.68 bits per heavy atom. The number of halogens is 1. The largest absolute Gasteiger partial charge is 0.457 e. The van der Waals surface area contributed by atoms with E-state index in [4.69, 9.17) is 22.1 Å². The molecule has 0 fully saturated rings. The van der Waals surface area contributed by atoms with Crippen LogP contribution in [-0.4, -0.2) is 15.2 Å². The van der Waals surface area contributed by atoms with Crippen molar-refractivity contribution in [2.75, 3.05) is 11.1 Å². The number of hydrogen-bond donors (Lipinski definition) is 3. The van der Waals surface area contributed by atoms with Gasteiger partial charge < -0.3 is 15.8 Å². The molecule has 3 rings (SSSR count). The maximum absolute atomic E-state index is 6.27. The first-order valence-corrected chi connectivity index (χ1v) is 7.02. The van der Waals surface area contributed by atoms with E-state index in [9.17, 15) is 0 Å². The van der Waals surface area contributed by atoms with Crippen molar-refractivity contribution in [1.82, 2.24) is 15.2 Å². The van der Waals surface area contributed by atoms with Crippen molar-refractivity contribution < 1.29 is 4.74 Å². The molecule has 4 N–H and O–H groups in total. The number of nitrogen functional groups attached to an aromatic ring is 1. The van der Waals surface area contributed by atoms with E-state index >= 15 is 0 Å². The summed E-state index contributed by atoms with van der Waals surface area (Å²) in [7, 11) is 0. The Kier molecular flexibility index (Phi) is 4.11. The first-order valence-electron chi connectivity index (χ1n) is 6.64. The van der Waals surface area contributed by atoms with Gasteiger partial charge in [0.25, 0.3) is 0 Å². The lowest BCUT2D eigenvalue weighted by Gasteiger charge is -2.13. The molecular formula is C15H14ClN5O. The van der Waals surface area contributed by atoms with Gasteiger partial charge in [-0.05, 0) is 24.3 Å². The maximum atomic E-state index is 6.27. The van der Waals surface area contributed by atoms with Gasteiger partial charge in [0, 0.05) is 17.1 Å². The van der Waals surface area contributed by atoms with Crippen molar-refractivity contribution in [1.29, 1.82) is 0 Å². The zero-order valence-electron chi connectivity index (χ0n) is 11.6. The molecule has 22 heavy (non-hydrogen) atoms. The number of nitrogens with zero attached hydrogens (tertiary/aromatic N) is 2. The van der Waals surface area contributed by atoms with Gasteiger partial charge in [-0.3, -0.25) is 0 Å². The van der Waals surface area contributed by atoms with Crippen molar-refractivity contribution in [3.05, 3.63) is 59.1 Å². The highest BCUT2D eigenvalue weighted by Gasteiger charge is 2.10. The lowest BCUT2D eigenvalue weighted by atomic mass is 10.2. The second-order valence-corrected chi connectivity index (χ2v) is 4.94. The SMILES string of the molecule is Nc1nc(NCc2c(Cl)cccc2Oc2ccccc2)n[nH]1. The Bertz CT molecular complexity index is 760. The number of anilines is 2. The summed E-state index contributed by atoms with van der Waals surface area (Å²) >= 11 is 6.27. The molecule has 0 aliphatic heterocycles. The predicted octanol–water partition coefficient (Wildman–Crippen LogP) is 3.44. The molecule has 0 saturated carbocycles. The average Bonchev–Trinajstić information content (AvgIpc) is 2.93. The average molecular weight is 316 g/mol. The minimum absolute atomic E-state index is 0.252. The molecule has 7 heteroatoms. The zero-order chi connectivity index (χ0) is 15.4. The monoisotopic (exact) mass is 315 g/mol. The van der Waals surface area contributed by atoms with Crippen LogP contribution in [0.15, 0.2) is 48.5 Å². The summed E-state index contributed by atoms with van der Waals surface area (Å²) in [5.74, 6) is 2.08. The fourth-order valence-electron chi connectivity index (χ4n) is 1.94. The molecule has 1 aromatic heterocycles. The zero-order valence-corrected chi connectivity index (χ0v) is 12.3. The molecule has 0 radical (unpaired) electrons. The lowest BCUT2D eigenvalue weighted by molar-refractivity contribution is 0.477. The minimum Gasteiger partial charge on any atom is -0.457 e. The van der Waals surface area contributed by atoms with Crippen LogP contribution in [0.4, 0.5) is 11.9 Å². The van der Waals surface area contributed by atoms with Crippen LogP contribution in [0.1, 0.15) is 5.56 Å². The molecule has 1 heterocycles. The normalized spacial score (nSPS) is 10.4. The van der Waals surface area contributed by atoms with Crippen LogP contribution in [0.5, 0.6) is 11.5 Å². The Balaban J connectivity index is 1.80. The quantitative estimate of drug-likeness (QED) is 0.671. The van der Waals surface area contributed by atoms with Crippen LogP contribution < -0.4 is 15.8 Å². The Morgan fingerprint density at radius 2 is 1.95 bits per heavy atom. The summed E-state index contributed by atoms with van der Waals surface area (Å²) < 4.78 is 5.89. The second kappa shape index (κ2) is 6.36. The van der Waals surface area contributed by atoms with Crippen LogP contribution in [0.3, 0.4) is 0 Å². The van der Waals surface area contributed by atoms with E-state index in [-0.39, 0.29) is 5.95 Å². The number of nitrogens with two attached hydrogens (primary N) is 1. The number of benzene rings is 2. The summed E-state index contributed by atoms with van der Waals surface area (Å²) in [6.07, 6.45) is 0. The molecule has 6 nitrogen and oxygen atoms in total. The molecule has 2 aromatic carbocycles. The van der Waals surface area contributed by atoms with Crippen molar-refractivity contribution >= 4 is 23.5 Å². The maximum Gasteiger partial charge on any atom is 0.243 e. The summed E-state index contributed by atoms with van der Waals surface area (Å²) in [5.41, 5.74) is 6.31. The molecule has 0 aliphatic rings. The molecule has 0 bridgehead atoms. The third kappa shape index (κ3) is 3.29. The van der Waals surface area contributed by atoms with Gasteiger partial charge in [0.1, 0.15) is 11.5 Å². The first kappa shape index (κ1) is 14.2. The van der Waals surface area contributed by atoms with Crippen molar-refractivity contribution in [3.63, 3.8) is 0 Å². The van der Waals surface area contributed by atoms with Gasteiger partial charge in [-0.2, -0.15) is 4.98 Å². The lowest BCUT2D eigenvalue weighted by Crippen LogP contribution is -2.03. The van der Waals surface area contributed by atoms with E-state index in [1.807, 2.05) is 48.5 Å². The van der Waals surface area contributed by atoms with Crippen LogP contribution in [-0.2, 0) is 6.54 Å². The summed E-state index contributed by atoms with van der Waals surface area (Å²) in [4.78, 5) is 3.99. The highest BCUT2D eigenvalue weighted by Crippen LogP contribution is 2.30. The van der Waals surface area contributed by atoms with E-state index < -0.39 is 0 Å². The minimum atomic E-state index is 0.252. The third-order valence-corrected chi connectivity index (χ3v) is 3.33. The van der Waals surface area contributed by atoms with Gasteiger partial charge >= 0.3 is 0 Å². The smallest absolute Gasteiger partial charge is 0.243 e. The molecule has 0 unspecified atom stereocenters. The number of hydrogen-bond acceptors (Lipinski definition) is 5.